The minimum Gasteiger partial charge on any atom is -0.480 e. The van der Waals surface area contributed by atoms with Gasteiger partial charge in [0, 0.05) is 18.4 Å². The lowest BCUT2D eigenvalue weighted by molar-refractivity contribution is -0.151. The second-order valence-corrected chi connectivity index (χ2v) is 13.2. The number of nitrogens with two attached hydrogens (primary N) is 1. The van der Waals surface area contributed by atoms with E-state index >= 15 is 0 Å². The molecule has 5 heterocycles. The molecule has 5 N–H and O–H groups in total. The van der Waals surface area contributed by atoms with Crippen LogP contribution in [-0.2, 0) is 14.4 Å². The molecule has 0 aliphatic carbocycles. The minimum absolute atomic E-state index is 0.0447. The van der Waals surface area contributed by atoms with Crippen LogP contribution in [0.2, 0.25) is 4.34 Å². The molecule has 5 rings (SSSR count). The summed E-state index contributed by atoms with van der Waals surface area (Å²) >= 11 is 10.3. The number of aromatic nitrogens is 1. The summed E-state index contributed by atoms with van der Waals surface area (Å²) in [5, 5.41) is 24.4. The summed E-state index contributed by atoms with van der Waals surface area (Å²) in [6.07, 6.45) is 1.39. The van der Waals surface area contributed by atoms with Crippen molar-refractivity contribution in [2.75, 3.05) is 18.0 Å². The number of carbonyl (C=O) groups is 3. The van der Waals surface area contributed by atoms with Gasteiger partial charge in [-0.3, -0.25) is 19.2 Å². The lowest BCUT2D eigenvalue weighted by Crippen LogP contribution is -2.74. The van der Waals surface area contributed by atoms with Gasteiger partial charge in [0.2, 0.25) is 11.3 Å². The summed E-state index contributed by atoms with van der Waals surface area (Å²) in [5.41, 5.74) is 4.80. The van der Waals surface area contributed by atoms with Gasteiger partial charge >= 0.3 is 5.97 Å². The van der Waals surface area contributed by atoms with Crippen molar-refractivity contribution in [3.8, 4) is 0 Å². The average molecular weight is 588 g/mol. The molecule has 0 spiro atoms. The number of hydrogen-bond donors (Lipinski definition) is 4. The predicted molar refractivity (Wildman–Crippen MR) is 136 cm³/mol. The van der Waals surface area contributed by atoms with Gasteiger partial charge in [-0.05, 0) is 6.07 Å². The Labute approximate surface area is 222 Å². The first-order valence-corrected chi connectivity index (χ1v) is 13.8. The Bertz CT molecular complexity index is 1500. The quantitative estimate of drug-likeness (QED) is 0.142. The van der Waals surface area contributed by atoms with Crippen LogP contribution < -0.4 is 16.5 Å². The number of rotatable bonds is 6. The number of halogens is 1. The molecule has 0 bridgehead atoms. The molecule has 3 aromatic heterocycles. The van der Waals surface area contributed by atoms with Gasteiger partial charge in [-0.15, -0.1) is 23.1 Å². The molecule has 3 atom stereocenters. The molecule has 2 amide bonds. The highest BCUT2D eigenvalue weighted by atomic mass is 35.5. The third kappa shape index (κ3) is 4.11. The fourth-order valence-corrected chi connectivity index (χ4v) is 9.03. The molecule has 2 aliphatic rings. The Morgan fingerprint density at radius 3 is 2.83 bits per heavy atom. The van der Waals surface area contributed by atoms with Crippen LogP contribution in [0, 0.1) is 0 Å². The van der Waals surface area contributed by atoms with E-state index in [1.54, 1.807) is 6.07 Å². The number of hydrogen-bond acceptors (Lipinski definition) is 13. The summed E-state index contributed by atoms with van der Waals surface area (Å²) < 4.78 is 4.88. The van der Waals surface area contributed by atoms with Crippen LogP contribution in [-0.4, -0.2) is 72.2 Å². The molecule has 0 radical (unpaired) electrons. The smallest absolute Gasteiger partial charge is 0.322 e. The van der Waals surface area contributed by atoms with E-state index in [2.05, 4.69) is 15.5 Å². The number of carboxylic acids is 1. The molecule has 2 aliphatic heterocycles. The number of anilines is 1. The second kappa shape index (κ2) is 9.26. The standard InChI is InChI=1S/C19H14ClN5O7S4/c20-13-9(23-18(21)35-13)10(24-31)14(27)22-11-15(28)25-4-19(17(29)30,5-33-16(11)25)36-8-3-6(26)12-7(34-8)1-2-32-12/h1-3,11,16,31H,4-5H2,(H2,21,23)(H,22,27)(H,29,30)/t11?,16-,19?/m1/s1. The molecule has 2 unspecified atom stereocenters. The molecule has 36 heavy (non-hydrogen) atoms. The molecule has 12 nitrogen and oxygen atoms in total. The number of nitrogens with one attached hydrogen (secondary N) is 1. The van der Waals surface area contributed by atoms with E-state index in [9.17, 15) is 29.5 Å². The monoisotopic (exact) mass is 587 g/mol. The summed E-state index contributed by atoms with van der Waals surface area (Å²) in [5.74, 6) is -2.40. The van der Waals surface area contributed by atoms with Gasteiger partial charge < -0.3 is 30.7 Å². The van der Waals surface area contributed by atoms with E-state index < -0.39 is 39.7 Å². The van der Waals surface area contributed by atoms with Crippen LogP contribution in [0.4, 0.5) is 5.13 Å². The number of nitrogen functional groups attached to an aromatic ring is 1. The maximum Gasteiger partial charge on any atom is 0.322 e. The fourth-order valence-electron chi connectivity index (χ4n) is 3.77. The van der Waals surface area contributed by atoms with Crippen LogP contribution in [0.15, 0.2) is 37.0 Å². The van der Waals surface area contributed by atoms with Crippen LogP contribution in [0.3, 0.4) is 0 Å². The van der Waals surface area contributed by atoms with Crippen molar-refractivity contribution >= 4 is 96.7 Å². The topological polar surface area (TPSA) is 188 Å². The second-order valence-electron chi connectivity index (χ2n) is 7.69. The van der Waals surface area contributed by atoms with E-state index in [1.807, 2.05) is 0 Å². The third-order valence-corrected chi connectivity index (χ3v) is 10.8. The average Bonchev–Trinajstić information content (AvgIpc) is 3.44. The number of thioether (sulfide) groups is 2. The zero-order valence-electron chi connectivity index (χ0n) is 17.7. The maximum absolute atomic E-state index is 12.9. The molecule has 0 saturated carbocycles. The Hall–Kier alpha value is -2.79. The largest absolute Gasteiger partial charge is 0.480 e. The molecule has 17 heteroatoms. The van der Waals surface area contributed by atoms with Gasteiger partial charge in [-0.1, -0.05) is 39.9 Å². The summed E-state index contributed by atoms with van der Waals surface area (Å²) in [6, 6.07) is 1.99. The Kier molecular flexibility index (Phi) is 6.40. The first-order chi connectivity index (χ1) is 17.1. The SMILES string of the molecule is Nc1nc(C(=NO)C(=O)NC2C(=O)N3CC(Sc4cc(=O)c5occc5s4)(C(=O)O)CS[C@H]23)c(Cl)s1. The number of furan rings is 1. The van der Waals surface area contributed by atoms with Crippen molar-refractivity contribution in [1.29, 1.82) is 0 Å². The highest BCUT2D eigenvalue weighted by Gasteiger charge is 2.58. The van der Waals surface area contributed by atoms with Gasteiger partial charge in [-0.2, -0.15) is 0 Å². The van der Waals surface area contributed by atoms with Crippen molar-refractivity contribution in [1.82, 2.24) is 15.2 Å². The van der Waals surface area contributed by atoms with Gasteiger partial charge in [0.15, 0.2) is 16.4 Å². The van der Waals surface area contributed by atoms with Crippen LogP contribution in [0.5, 0.6) is 0 Å². The highest BCUT2D eigenvalue weighted by molar-refractivity contribution is 8.06. The van der Waals surface area contributed by atoms with Gasteiger partial charge in [0.05, 0.1) is 15.2 Å². The van der Waals surface area contributed by atoms with Gasteiger partial charge in [0.25, 0.3) is 5.91 Å². The van der Waals surface area contributed by atoms with E-state index in [0.29, 0.717) is 8.91 Å². The molecular weight excluding hydrogens is 574 g/mol. The van der Waals surface area contributed by atoms with Crippen LogP contribution >= 0.6 is 57.8 Å². The summed E-state index contributed by atoms with van der Waals surface area (Å²) in [6.45, 7) is -0.129. The lowest BCUT2D eigenvalue weighted by atomic mass is 10.0. The number of thiazole rings is 1. The number of fused-ring (bicyclic) bond motifs is 2. The molecule has 2 fully saturated rings. The van der Waals surface area contributed by atoms with Crippen molar-refractivity contribution in [2.24, 2.45) is 5.16 Å². The zero-order valence-corrected chi connectivity index (χ0v) is 21.7. The minimum atomic E-state index is -1.41. The van der Waals surface area contributed by atoms with Crippen LogP contribution in [0.1, 0.15) is 5.69 Å². The molecular formula is C19H14ClN5O7S4. The number of carbonyl (C=O) groups excluding carboxylic acids is 2. The number of nitrogens with zero attached hydrogens (tertiary/aromatic N) is 3. The zero-order chi connectivity index (χ0) is 25.8. The summed E-state index contributed by atoms with van der Waals surface area (Å²) in [7, 11) is 0. The van der Waals surface area contributed by atoms with Gasteiger partial charge in [-0.25, -0.2) is 4.98 Å². The molecule has 188 valence electrons. The summed E-state index contributed by atoms with van der Waals surface area (Å²) in [4.78, 5) is 55.5. The number of amides is 2. The molecule has 0 aromatic carbocycles. The van der Waals surface area contributed by atoms with Crippen molar-refractivity contribution in [3.05, 3.63) is 38.6 Å². The van der Waals surface area contributed by atoms with E-state index in [1.165, 1.54) is 40.3 Å². The van der Waals surface area contributed by atoms with E-state index in [-0.39, 0.29) is 38.5 Å². The number of carboxylic acid groups (broad SMARTS) is 1. The molecule has 3 aromatic rings. The van der Waals surface area contributed by atoms with Crippen molar-refractivity contribution < 1.29 is 29.1 Å². The lowest BCUT2D eigenvalue weighted by Gasteiger charge is -2.53. The van der Waals surface area contributed by atoms with E-state index in [0.717, 1.165) is 23.1 Å². The third-order valence-electron chi connectivity index (χ3n) is 5.48. The normalized spacial score (nSPS) is 23.9. The van der Waals surface area contributed by atoms with Crippen molar-refractivity contribution in [3.63, 3.8) is 0 Å². The van der Waals surface area contributed by atoms with Gasteiger partial charge in [0.1, 0.15) is 26.2 Å². The Morgan fingerprint density at radius 2 is 2.17 bits per heavy atom. The first-order valence-electron chi connectivity index (χ1n) is 9.94. The number of β-lactam (4-membered cyclic amide) rings is 1. The number of aliphatic carboxylic acids is 1. The first kappa shape index (κ1) is 24.9. The predicted octanol–water partition coefficient (Wildman–Crippen LogP) is 1.74. The number of oxime groups is 1. The maximum atomic E-state index is 12.9. The Balaban J connectivity index is 1.32. The Morgan fingerprint density at radius 1 is 1.39 bits per heavy atom. The highest BCUT2D eigenvalue weighted by Crippen LogP contribution is 2.47. The molecule has 2 saturated heterocycles. The fraction of sp³-hybridized carbons (Fsp3) is 0.263. The van der Waals surface area contributed by atoms with E-state index in [4.69, 9.17) is 21.8 Å². The van der Waals surface area contributed by atoms with Crippen molar-refractivity contribution in [2.45, 2.75) is 20.4 Å². The van der Waals surface area contributed by atoms with Crippen LogP contribution in [0.25, 0.3) is 10.3 Å².